The lowest BCUT2D eigenvalue weighted by molar-refractivity contribution is -0.116. The molecule has 0 aliphatic rings. The van der Waals surface area contributed by atoms with Crippen molar-refractivity contribution in [2.24, 2.45) is 0 Å². The summed E-state index contributed by atoms with van der Waals surface area (Å²) in [6, 6.07) is 22.0. The minimum atomic E-state index is 0.0383. The van der Waals surface area contributed by atoms with Crippen LogP contribution in [0.1, 0.15) is 12.0 Å². The van der Waals surface area contributed by atoms with Gasteiger partial charge in [-0.1, -0.05) is 70.5 Å². The van der Waals surface area contributed by atoms with Gasteiger partial charge in [-0.25, -0.2) is 0 Å². The Hall–Kier alpha value is -2.13. The fraction of sp³-hybridized carbons (Fsp3) is 0.105. The van der Waals surface area contributed by atoms with Crippen LogP contribution < -0.4 is 5.32 Å². The van der Waals surface area contributed by atoms with Gasteiger partial charge < -0.3 is 5.32 Å². The van der Waals surface area contributed by atoms with E-state index in [0.717, 1.165) is 27.4 Å². The molecular formula is C19H16BrNO. The topological polar surface area (TPSA) is 29.1 Å². The maximum absolute atomic E-state index is 12.2. The summed E-state index contributed by atoms with van der Waals surface area (Å²) in [6.45, 7) is 0. The second-order valence-electron chi connectivity index (χ2n) is 5.17. The molecule has 2 nitrogen and oxygen atoms in total. The summed E-state index contributed by atoms with van der Waals surface area (Å²) in [6.07, 6.45) is 1.23. The molecule has 3 aromatic rings. The van der Waals surface area contributed by atoms with Crippen LogP contribution in [-0.2, 0) is 11.2 Å². The minimum Gasteiger partial charge on any atom is -0.326 e. The van der Waals surface area contributed by atoms with Gasteiger partial charge in [0.2, 0.25) is 5.91 Å². The number of anilines is 1. The summed E-state index contributed by atoms with van der Waals surface area (Å²) in [7, 11) is 0. The molecule has 0 radical (unpaired) electrons. The molecule has 3 aromatic carbocycles. The van der Waals surface area contributed by atoms with Crippen LogP contribution in [0.4, 0.5) is 5.69 Å². The standard InChI is InChI=1S/C19H16BrNO/c20-17-11-12-18(16-9-5-4-8-15(16)17)21-19(22)13-10-14-6-2-1-3-7-14/h1-9,11-12H,10,13H2,(H,21,22). The normalized spacial score (nSPS) is 10.6. The van der Waals surface area contributed by atoms with Crippen LogP contribution in [0, 0.1) is 0 Å². The first-order chi connectivity index (χ1) is 10.7. The molecule has 1 amide bonds. The van der Waals surface area contributed by atoms with E-state index in [1.54, 1.807) is 0 Å². The molecule has 0 saturated carbocycles. The van der Waals surface area contributed by atoms with E-state index in [2.05, 4.69) is 21.2 Å². The Kier molecular flexibility index (Phi) is 4.54. The molecule has 110 valence electrons. The van der Waals surface area contributed by atoms with Crippen molar-refractivity contribution in [2.45, 2.75) is 12.8 Å². The van der Waals surface area contributed by atoms with Gasteiger partial charge in [0.1, 0.15) is 0 Å². The average Bonchev–Trinajstić information content (AvgIpc) is 2.57. The van der Waals surface area contributed by atoms with Crippen molar-refractivity contribution in [3.05, 3.63) is 76.8 Å². The quantitative estimate of drug-likeness (QED) is 0.688. The van der Waals surface area contributed by atoms with E-state index in [-0.39, 0.29) is 5.91 Å². The molecule has 0 aliphatic carbocycles. The molecule has 0 aromatic heterocycles. The second-order valence-corrected chi connectivity index (χ2v) is 6.03. The number of halogens is 1. The van der Waals surface area contributed by atoms with Gasteiger partial charge in [-0.05, 0) is 29.5 Å². The van der Waals surface area contributed by atoms with Crippen molar-refractivity contribution < 1.29 is 4.79 Å². The van der Waals surface area contributed by atoms with Crippen molar-refractivity contribution >= 4 is 38.3 Å². The van der Waals surface area contributed by atoms with Crippen LogP contribution in [-0.4, -0.2) is 5.91 Å². The minimum absolute atomic E-state index is 0.0383. The molecule has 0 saturated heterocycles. The average molecular weight is 354 g/mol. The Balaban J connectivity index is 1.73. The van der Waals surface area contributed by atoms with Gasteiger partial charge in [0.05, 0.1) is 0 Å². The van der Waals surface area contributed by atoms with Gasteiger partial charge in [-0.3, -0.25) is 4.79 Å². The van der Waals surface area contributed by atoms with Crippen molar-refractivity contribution in [1.82, 2.24) is 0 Å². The second kappa shape index (κ2) is 6.75. The van der Waals surface area contributed by atoms with E-state index < -0.39 is 0 Å². The van der Waals surface area contributed by atoms with E-state index in [9.17, 15) is 4.79 Å². The number of fused-ring (bicyclic) bond motifs is 1. The zero-order valence-electron chi connectivity index (χ0n) is 12.1. The van der Waals surface area contributed by atoms with Crippen LogP contribution in [0.3, 0.4) is 0 Å². The molecule has 0 atom stereocenters. The largest absolute Gasteiger partial charge is 0.326 e. The highest BCUT2D eigenvalue weighted by Crippen LogP contribution is 2.30. The zero-order chi connectivity index (χ0) is 15.4. The van der Waals surface area contributed by atoms with Crippen molar-refractivity contribution in [1.29, 1.82) is 0 Å². The lowest BCUT2D eigenvalue weighted by Gasteiger charge is -2.10. The molecule has 3 rings (SSSR count). The summed E-state index contributed by atoms with van der Waals surface area (Å²) in [5.41, 5.74) is 2.04. The number of hydrogen-bond donors (Lipinski definition) is 1. The van der Waals surface area contributed by atoms with Crippen molar-refractivity contribution in [2.75, 3.05) is 5.32 Å². The number of nitrogens with one attached hydrogen (secondary N) is 1. The third kappa shape index (κ3) is 3.37. The highest BCUT2D eigenvalue weighted by molar-refractivity contribution is 9.10. The SMILES string of the molecule is O=C(CCc1ccccc1)Nc1ccc(Br)c2ccccc12. The third-order valence-electron chi connectivity index (χ3n) is 3.63. The van der Waals surface area contributed by atoms with E-state index in [1.165, 1.54) is 5.56 Å². The smallest absolute Gasteiger partial charge is 0.224 e. The number of amides is 1. The monoisotopic (exact) mass is 353 g/mol. The molecule has 1 N–H and O–H groups in total. The Bertz CT molecular complexity index is 799. The number of hydrogen-bond acceptors (Lipinski definition) is 1. The number of benzene rings is 3. The summed E-state index contributed by atoms with van der Waals surface area (Å²) < 4.78 is 1.03. The van der Waals surface area contributed by atoms with Crippen molar-refractivity contribution in [3.63, 3.8) is 0 Å². The van der Waals surface area contributed by atoms with Crippen LogP contribution in [0.15, 0.2) is 71.2 Å². The molecule has 0 aliphatic heterocycles. The van der Waals surface area contributed by atoms with Crippen molar-refractivity contribution in [3.8, 4) is 0 Å². The molecular weight excluding hydrogens is 338 g/mol. The molecule has 0 fully saturated rings. The maximum atomic E-state index is 12.2. The molecule has 0 spiro atoms. The molecule has 3 heteroatoms. The Morgan fingerprint density at radius 3 is 2.32 bits per heavy atom. The first kappa shape index (κ1) is 14.8. The maximum Gasteiger partial charge on any atom is 0.224 e. The summed E-state index contributed by atoms with van der Waals surface area (Å²) in [5.74, 6) is 0.0383. The molecule has 0 heterocycles. The van der Waals surface area contributed by atoms with Crippen LogP contribution in [0.2, 0.25) is 0 Å². The number of aryl methyl sites for hydroxylation is 1. The zero-order valence-corrected chi connectivity index (χ0v) is 13.6. The van der Waals surface area contributed by atoms with Crippen LogP contribution in [0.5, 0.6) is 0 Å². The highest BCUT2D eigenvalue weighted by Gasteiger charge is 2.07. The first-order valence-electron chi connectivity index (χ1n) is 7.25. The Morgan fingerprint density at radius 1 is 0.864 bits per heavy atom. The van der Waals surface area contributed by atoms with Gasteiger partial charge in [0.15, 0.2) is 0 Å². The fourth-order valence-corrected chi connectivity index (χ4v) is 2.96. The lowest BCUT2D eigenvalue weighted by Crippen LogP contribution is -2.12. The summed E-state index contributed by atoms with van der Waals surface area (Å²) >= 11 is 3.55. The molecule has 0 unspecified atom stereocenters. The summed E-state index contributed by atoms with van der Waals surface area (Å²) in [4.78, 5) is 12.2. The van der Waals surface area contributed by atoms with Gasteiger partial charge >= 0.3 is 0 Å². The van der Waals surface area contributed by atoms with Gasteiger partial charge in [-0.15, -0.1) is 0 Å². The molecule has 22 heavy (non-hydrogen) atoms. The lowest BCUT2D eigenvalue weighted by atomic mass is 10.1. The van der Waals surface area contributed by atoms with E-state index in [0.29, 0.717) is 6.42 Å². The van der Waals surface area contributed by atoms with E-state index in [1.807, 2.05) is 66.7 Å². The predicted octanol–water partition coefficient (Wildman–Crippen LogP) is 5.17. The number of carbonyl (C=O) groups is 1. The highest BCUT2D eigenvalue weighted by atomic mass is 79.9. The van der Waals surface area contributed by atoms with E-state index in [4.69, 9.17) is 0 Å². The number of rotatable bonds is 4. The Labute approximate surface area is 138 Å². The predicted molar refractivity (Wildman–Crippen MR) is 95.0 cm³/mol. The Morgan fingerprint density at radius 2 is 1.55 bits per heavy atom. The third-order valence-corrected chi connectivity index (χ3v) is 4.32. The fourth-order valence-electron chi connectivity index (χ4n) is 2.49. The van der Waals surface area contributed by atoms with Gasteiger partial charge in [0, 0.05) is 22.0 Å². The van der Waals surface area contributed by atoms with Gasteiger partial charge in [0.25, 0.3) is 0 Å². The van der Waals surface area contributed by atoms with Crippen LogP contribution >= 0.6 is 15.9 Å². The van der Waals surface area contributed by atoms with Gasteiger partial charge in [-0.2, -0.15) is 0 Å². The van der Waals surface area contributed by atoms with Crippen LogP contribution in [0.25, 0.3) is 10.8 Å². The first-order valence-corrected chi connectivity index (χ1v) is 8.04. The molecule has 0 bridgehead atoms. The number of carbonyl (C=O) groups excluding carboxylic acids is 1. The van der Waals surface area contributed by atoms with E-state index >= 15 is 0 Å². The summed E-state index contributed by atoms with van der Waals surface area (Å²) in [5, 5.41) is 5.17.